The maximum absolute atomic E-state index is 13.2. The lowest BCUT2D eigenvalue weighted by atomic mass is 9.87. The van der Waals surface area contributed by atoms with Crippen molar-refractivity contribution in [2.24, 2.45) is 11.8 Å². The molecule has 1 N–H and O–H groups in total. The van der Waals surface area contributed by atoms with Gasteiger partial charge >= 0.3 is 17.9 Å². The lowest BCUT2D eigenvalue weighted by Gasteiger charge is -2.34. The van der Waals surface area contributed by atoms with Crippen LogP contribution in [0.3, 0.4) is 0 Å². The summed E-state index contributed by atoms with van der Waals surface area (Å²) in [5, 5.41) is 12.3. The number of amides is 2. The Balaban J connectivity index is 1.50. The number of rotatable bonds is 8. The van der Waals surface area contributed by atoms with Crippen molar-refractivity contribution < 1.29 is 28.4 Å². The fraction of sp³-hybridized carbons (Fsp3) is 0.452. The van der Waals surface area contributed by atoms with Gasteiger partial charge in [0.25, 0.3) is 0 Å². The van der Waals surface area contributed by atoms with Gasteiger partial charge in [-0.15, -0.1) is 0 Å². The highest BCUT2D eigenvalue weighted by Crippen LogP contribution is 2.26. The zero-order valence-electron chi connectivity index (χ0n) is 25.2. The molecular weight excluding hydrogens is 550 g/mol. The summed E-state index contributed by atoms with van der Waals surface area (Å²) in [6.07, 6.45) is 5.26. The van der Waals surface area contributed by atoms with E-state index >= 15 is 0 Å². The molecule has 12 heteroatoms. The Morgan fingerprint density at radius 1 is 1.21 bits per heavy atom. The number of benzene rings is 1. The summed E-state index contributed by atoms with van der Waals surface area (Å²) in [4.78, 5) is 48.7. The number of hydrogen-bond acceptors (Lipinski definition) is 8. The van der Waals surface area contributed by atoms with Crippen LogP contribution in [-0.2, 0) is 25.8 Å². The molecule has 0 spiro atoms. The van der Waals surface area contributed by atoms with Crippen molar-refractivity contribution >= 4 is 41.0 Å². The molecule has 3 atom stereocenters. The molecule has 3 heterocycles. The van der Waals surface area contributed by atoms with Crippen molar-refractivity contribution in [1.29, 1.82) is 5.26 Å². The highest BCUT2D eigenvalue weighted by molar-refractivity contribution is 5.85. The molecule has 0 bridgehead atoms. The number of nitriles is 1. The van der Waals surface area contributed by atoms with E-state index in [2.05, 4.69) is 28.4 Å². The number of fused-ring (bicyclic) bond motifs is 1. The van der Waals surface area contributed by atoms with Gasteiger partial charge in [-0.25, -0.2) is 14.2 Å². The Morgan fingerprint density at radius 3 is 2.65 bits per heavy atom. The highest BCUT2D eigenvalue weighted by Gasteiger charge is 2.30. The number of likely N-dealkylation sites (tertiary alicyclic amines) is 1. The molecule has 2 aromatic heterocycles. The van der Waals surface area contributed by atoms with Gasteiger partial charge in [0.1, 0.15) is 17.4 Å². The number of alkyl carbamates (subject to hydrolysis) is 1. The standard InChI is InChI=1S/C31H37N7O5/c1-21-12-15-37(25(39)11-14-32)18-23(21)17-36(5)27-24-13-16-38(28(24)34-19-33-27)20-42-29(40)26(22-9-7-6-8-10-22)35-30(41)43-31(2,3)4/h6-10,13,16-17,19,21,23,26H,11-12,15,18,20H2,1-5H3/p+1/t21-,23?,26+/m1/s1. The summed E-state index contributed by atoms with van der Waals surface area (Å²) in [5.74, 6) is 0.294. The lowest BCUT2D eigenvalue weighted by molar-refractivity contribution is -0.405. The molecule has 1 aromatic carbocycles. The SMILES string of the molecule is C[C@@H]1CCN(C(=O)CC#N)CC1C=[N+](C)c1ncnc2c1ccn2COC(=O)[C@@H](NC(=O)OC(C)(C)C)c1ccccc1. The molecule has 43 heavy (non-hydrogen) atoms. The van der Waals surface area contributed by atoms with Gasteiger partial charge in [0, 0.05) is 25.2 Å². The number of nitrogens with zero attached hydrogens (tertiary/aromatic N) is 6. The zero-order chi connectivity index (χ0) is 31.1. The van der Waals surface area contributed by atoms with Crippen LogP contribution >= 0.6 is 0 Å². The van der Waals surface area contributed by atoms with E-state index in [-0.39, 0.29) is 25.0 Å². The molecule has 1 unspecified atom stereocenters. The number of carbonyl (C=O) groups excluding carboxylic acids is 3. The number of aromatic nitrogens is 3. The maximum Gasteiger partial charge on any atom is 0.408 e. The summed E-state index contributed by atoms with van der Waals surface area (Å²) in [6, 6.07) is 11.5. The maximum atomic E-state index is 13.2. The number of esters is 1. The third kappa shape index (κ3) is 7.94. The minimum absolute atomic E-state index is 0.0850. The van der Waals surface area contributed by atoms with Gasteiger partial charge in [-0.2, -0.15) is 10.2 Å². The molecule has 0 radical (unpaired) electrons. The lowest BCUT2D eigenvalue weighted by Crippen LogP contribution is -2.44. The first-order valence-electron chi connectivity index (χ1n) is 14.2. The average Bonchev–Trinajstić information content (AvgIpc) is 3.38. The van der Waals surface area contributed by atoms with Crippen molar-refractivity contribution in [2.75, 3.05) is 20.1 Å². The molecule has 226 valence electrons. The number of carbonyl (C=O) groups is 3. The zero-order valence-corrected chi connectivity index (χ0v) is 25.2. The Labute approximate surface area is 250 Å². The molecule has 1 fully saturated rings. The number of hydrogen-bond donors (Lipinski definition) is 1. The van der Waals surface area contributed by atoms with E-state index in [9.17, 15) is 14.4 Å². The molecule has 0 aliphatic carbocycles. The van der Waals surface area contributed by atoms with E-state index in [1.807, 2.05) is 29.8 Å². The van der Waals surface area contributed by atoms with Crippen LogP contribution in [0.25, 0.3) is 11.0 Å². The highest BCUT2D eigenvalue weighted by atomic mass is 16.6. The quantitative estimate of drug-likeness (QED) is 0.237. The normalized spacial score (nSPS) is 18.0. The van der Waals surface area contributed by atoms with Gasteiger partial charge in [-0.3, -0.25) is 9.36 Å². The van der Waals surface area contributed by atoms with Crippen LogP contribution < -0.4 is 5.32 Å². The predicted octanol–water partition coefficient (Wildman–Crippen LogP) is 3.94. The third-order valence-electron chi connectivity index (χ3n) is 7.26. The summed E-state index contributed by atoms with van der Waals surface area (Å²) in [7, 11) is 1.90. The monoisotopic (exact) mass is 588 g/mol. The summed E-state index contributed by atoms with van der Waals surface area (Å²) in [6.45, 7) is 8.43. The molecule has 0 saturated carbocycles. The van der Waals surface area contributed by atoms with Gasteiger partial charge < -0.3 is 19.7 Å². The van der Waals surface area contributed by atoms with Gasteiger partial charge in [-0.05, 0) is 49.7 Å². The molecule has 1 saturated heterocycles. The Morgan fingerprint density at radius 2 is 1.95 bits per heavy atom. The van der Waals surface area contributed by atoms with Crippen LogP contribution in [0.5, 0.6) is 0 Å². The minimum Gasteiger partial charge on any atom is -0.444 e. The van der Waals surface area contributed by atoms with Gasteiger partial charge in [-0.1, -0.05) is 37.3 Å². The van der Waals surface area contributed by atoms with Crippen LogP contribution in [0.15, 0.2) is 48.9 Å². The second kappa shape index (κ2) is 13.5. The minimum atomic E-state index is -1.07. The first kappa shape index (κ1) is 31.2. The summed E-state index contributed by atoms with van der Waals surface area (Å²) < 4.78 is 14.6. The van der Waals surface area contributed by atoms with Crippen molar-refractivity contribution in [3.8, 4) is 6.07 Å². The fourth-order valence-corrected chi connectivity index (χ4v) is 5.00. The topological polar surface area (TPSA) is 142 Å². The number of piperidine rings is 1. The summed E-state index contributed by atoms with van der Waals surface area (Å²) in [5.41, 5.74) is 0.393. The first-order valence-corrected chi connectivity index (χ1v) is 14.2. The second-order valence-corrected chi connectivity index (χ2v) is 11.7. The van der Waals surface area contributed by atoms with Crippen LogP contribution in [0.4, 0.5) is 10.6 Å². The molecule has 2 amide bonds. The average molecular weight is 589 g/mol. The molecule has 4 rings (SSSR count). The molecule has 1 aliphatic rings. The van der Waals surface area contributed by atoms with Crippen molar-refractivity contribution in [2.45, 2.75) is 58.9 Å². The smallest absolute Gasteiger partial charge is 0.408 e. The third-order valence-corrected chi connectivity index (χ3v) is 7.26. The molecule has 1 aliphatic heterocycles. The first-order chi connectivity index (χ1) is 20.5. The number of nitrogens with one attached hydrogen (secondary N) is 1. The van der Waals surface area contributed by atoms with Crippen molar-refractivity contribution in [3.63, 3.8) is 0 Å². The Kier molecular flexibility index (Phi) is 9.75. The van der Waals surface area contributed by atoms with E-state index in [1.165, 1.54) is 6.33 Å². The van der Waals surface area contributed by atoms with Crippen LogP contribution in [0.1, 0.15) is 52.1 Å². The fourth-order valence-electron chi connectivity index (χ4n) is 5.00. The Bertz CT molecular complexity index is 1540. The van der Waals surface area contributed by atoms with E-state index in [0.29, 0.717) is 36.0 Å². The van der Waals surface area contributed by atoms with E-state index < -0.39 is 23.7 Å². The summed E-state index contributed by atoms with van der Waals surface area (Å²) >= 11 is 0. The van der Waals surface area contributed by atoms with Gasteiger partial charge in [0.05, 0.1) is 19.3 Å². The van der Waals surface area contributed by atoms with Gasteiger partial charge in [0.2, 0.25) is 12.2 Å². The van der Waals surface area contributed by atoms with Crippen molar-refractivity contribution in [3.05, 3.63) is 54.5 Å². The van der Waals surface area contributed by atoms with Crippen LogP contribution in [0.2, 0.25) is 0 Å². The van der Waals surface area contributed by atoms with Gasteiger partial charge in [0.15, 0.2) is 18.4 Å². The molecule has 12 nitrogen and oxygen atoms in total. The predicted molar refractivity (Wildman–Crippen MR) is 158 cm³/mol. The van der Waals surface area contributed by atoms with E-state index in [4.69, 9.17) is 14.7 Å². The second-order valence-electron chi connectivity index (χ2n) is 11.7. The van der Waals surface area contributed by atoms with Crippen LogP contribution in [-0.4, -0.2) is 73.9 Å². The van der Waals surface area contributed by atoms with Crippen molar-refractivity contribution in [1.82, 2.24) is 24.8 Å². The Hall–Kier alpha value is -4.79. The van der Waals surface area contributed by atoms with E-state index in [1.54, 1.807) is 60.7 Å². The molecule has 3 aromatic rings. The number of ether oxygens (including phenoxy) is 2. The van der Waals surface area contributed by atoms with E-state index in [0.717, 1.165) is 11.8 Å². The van der Waals surface area contributed by atoms with Crippen LogP contribution in [0, 0.1) is 23.2 Å². The largest absolute Gasteiger partial charge is 0.444 e. The molecular formula is C31H38N7O5+.